The minimum absolute atomic E-state index is 0.258. The number of rotatable bonds is 7. The highest BCUT2D eigenvalue weighted by Crippen LogP contribution is 2.37. The summed E-state index contributed by atoms with van der Waals surface area (Å²) in [6.45, 7) is 0. The van der Waals surface area contributed by atoms with Crippen LogP contribution in [0.1, 0.15) is 5.56 Å². The van der Waals surface area contributed by atoms with E-state index in [2.05, 4.69) is 15.8 Å². The summed E-state index contributed by atoms with van der Waals surface area (Å²) in [6.07, 6.45) is 1.33. The van der Waals surface area contributed by atoms with Gasteiger partial charge in [-0.2, -0.15) is 5.10 Å². The number of carbonyl (C=O) groups is 2. The molecule has 0 aliphatic heterocycles. The molecule has 0 atom stereocenters. The van der Waals surface area contributed by atoms with Crippen LogP contribution in [0, 0.1) is 0 Å². The van der Waals surface area contributed by atoms with Crippen molar-refractivity contribution in [1.82, 2.24) is 5.43 Å². The van der Waals surface area contributed by atoms with Crippen LogP contribution >= 0.6 is 11.6 Å². The van der Waals surface area contributed by atoms with Gasteiger partial charge in [0.1, 0.15) is 5.75 Å². The Morgan fingerprint density at radius 1 is 0.897 bits per heavy atom. The number of carbonyl (C=O) groups excluding carboxylic acids is 2. The van der Waals surface area contributed by atoms with Crippen molar-refractivity contribution in [3.63, 3.8) is 0 Å². The van der Waals surface area contributed by atoms with E-state index in [1.54, 1.807) is 24.3 Å². The van der Waals surface area contributed by atoms with Gasteiger partial charge in [0.05, 0.1) is 40.3 Å². The van der Waals surface area contributed by atoms with Crippen LogP contribution in [0.5, 0.6) is 23.0 Å². The molecule has 0 saturated heterocycles. The molecule has 0 aromatic heterocycles. The molecule has 29 heavy (non-hydrogen) atoms. The van der Waals surface area contributed by atoms with Crippen LogP contribution in [0.25, 0.3) is 0 Å². The number of halogens is 1. The molecule has 0 aliphatic rings. The Labute approximate surface area is 172 Å². The number of amides is 2. The Morgan fingerprint density at radius 3 is 2.07 bits per heavy atom. The van der Waals surface area contributed by atoms with E-state index in [0.29, 0.717) is 33.6 Å². The van der Waals surface area contributed by atoms with E-state index in [-0.39, 0.29) is 5.69 Å². The van der Waals surface area contributed by atoms with E-state index >= 15 is 0 Å². The van der Waals surface area contributed by atoms with Crippen LogP contribution in [0.2, 0.25) is 5.02 Å². The third-order valence-corrected chi connectivity index (χ3v) is 3.92. The molecule has 2 N–H and O–H groups in total. The predicted octanol–water partition coefficient (Wildman–Crippen LogP) is 2.46. The number of hydrogen-bond donors (Lipinski definition) is 2. The van der Waals surface area contributed by atoms with Crippen molar-refractivity contribution in [3.05, 3.63) is 40.9 Å². The second-order valence-electron chi connectivity index (χ2n) is 5.46. The zero-order valence-electron chi connectivity index (χ0n) is 16.2. The number of anilines is 1. The normalized spacial score (nSPS) is 10.4. The first kappa shape index (κ1) is 21.8. The monoisotopic (exact) mass is 421 g/mol. The molecule has 0 aliphatic carbocycles. The summed E-state index contributed by atoms with van der Waals surface area (Å²) in [5.41, 5.74) is 2.95. The Bertz CT molecular complexity index is 907. The molecule has 0 spiro atoms. The highest BCUT2D eigenvalue weighted by molar-refractivity contribution is 6.40. The summed E-state index contributed by atoms with van der Waals surface area (Å²) in [6, 6.07) is 7.89. The fraction of sp³-hybridized carbons (Fsp3) is 0.211. The number of ether oxygens (including phenoxy) is 4. The third kappa shape index (κ3) is 5.52. The van der Waals surface area contributed by atoms with Gasteiger partial charge in [0, 0.05) is 10.6 Å². The first-order valence-electron chi connectivity index (χ1n) is 8.21. The SMILES string of the molecule is COc1ccc(Cl)cc1NC(=O)C(=O)N/N=C/c1cc(OC)c(OC)c(OC)c1. The van der Waals surface area contributed by atoms with Crippen molar-refractivity contribution in [1.29, 1.82) is 0 Å². The highest BCUT2D eigenvalue weighted by atomic mass is 35.5. The lowest BCUT2D eigenvalue weighted by Crippen LogP contribution is -2.32. The van der Waals surface area contributed by atoms with Gasteiger partial charge < -0.3 is 24.3 Å². The molecule has 0 radical (unpaired) electrons. The molecule has 0 heterocycles. The Hall–Kier alpha value is -3.46. The predicted molar refractivity (Wildman–Crippen MR) is 108 cm³/mol. The number of nitrogens with zero attached hydrogens (tertiary/aromatic N) is 1. The van der Waals surface area contributed by atoms with Crippen LogP contribution in [0.3, 0.4) is 0 Å². The average molecular weight is 422 g/mol. The Kier molecular flexibility index (Phi) is 7.67. The molecule has 0 unspecified atom stereocenters. The summed E-state index contributed by atoms with van der Waals surface area (Å²) in [5.74, 6) is -0.290. The lowest BCUT2D eigenvalue weighted by atomic mass is 10.2. The van der Waals surface area contributed by atoms with Crippen molar-refractivity contribution in [3.8, 4) is 23.0 Å². The van der Waals surface area contributed by atoms with E-state index in [1.807, 2.05) is 0 Å². The molecular weight excluding hydrogens is 402 g/mol. The molecule has 0 fully saturated rings. The topological polar surface area (TPSA) is 107 Å². The lowest BCUT2D eigenvalue weighted by molar-refractivity contribution is -0.136. The lowest BCUT2D eigenvalue weighted by Gasteiger charge is -2.12. The van der Waals surface area contributed by atoms with Gasteiger partial charge in [0.15, 0.2) is 11.5 Å². The summed E-state index contributed by atoms with van der Waals surface area (Å²) >= 11 is 5.90. The molecule has 154 valence electrons. The number of hydrazone groups is 1. The van der Waals surface area contributed by atoms with Crippen molar-refractivity contribution in [2.24, 2.45) is 5.10 Å². The summed E-state index contributed by atoms with van der Waals surface area (Å²) in [5, 5.41) is 6.56. The van der Waals surface area contributed by atoms with Gasteiger partial charge in [-0.15, -0.1) is 0 Å². The maximum atomic E-state index is 12.1. The van der Waals surface area contributed by atoms with Gasteiger partial charge >= 0.3 is 11.8 Å². The first-order chi connectivity index (χ1) is 13.9. The van der Waals surface area contributed by atoms with Crippen molar-refractivity contribution >= 4 is 35.3 Å². The zero-order valence-corrected chi connectivity index (χ0v) is 17.0. The molecule has 2 rings (SSSR count). The molecule has 2 aromatic carbocycles. The van der Waals surface area contributed by atoms with Crippen LogP contribution in [0.4, 0.5) is 5.69 Å². The minimum atomic E-state index is -0.976. The van der Waals surface area contributed by atoms with Gasteiger partial charge in [-0.05, 0) is 30.3 Å². The van der Waals surface area contributed by atoms with E-state index < -0.39 is 11.8 Å². The van der Waals surface area contributed by atoms with Crippen LogP contribution in [0.15, 0.2) is 35.4 Å². The van der Waals surface area contributed by atoms with E-state index in [0.717, 1.165) is 0 Å². The van der Waals surface area contributed by atoms with E-state index in [1.165, 1.54) is 40.7 Å². The molecule has 2 amide bonds. The summed E-state index contributed by atoms with van der Waals surface area (Å²) in [7, 11) is 5.88. The van der Waals surface area contributed by atoms with Gasteiger partial charge in [0.2, 0.25) is 5.75 Å². The third-order valence-electron chi connectivity index (χ3n) is 3.68. The maximum Gasteiger partial charge on any atom is 0.329 e. The van der Waals surface area contributed by atoms with Crippen molar-refractivity contribution in [2.45, 2.75) is 0 Å². The van der Waals surface area contributed by atoms with E-state index in [4.69, 9.17) is 30.5 Å². The molecular formula is C19H20ClN3O6. The van der Waals surface area contributed by atoms with Crippen LogP contribution < -0.4 is 29.7 Å². The van der Waals surface area contributed by atoms with Gasteiger partial charge in [0.25, 0.3) is 0 Å². The average Bonchev–Trinajstić information content (AvgIpc) is 2.72. The number of nitrogens with one attached hydrogen (secondary N) is 2. The fourth-order valence-electron chi connectivity index (χ4n) is 2.35. The minimum Gasteiger partial charge on any atom is -0.495 e. The highest BCUT2D eigenvalue weighted by Gasteiger charge is 2.16. The number of benzene rings is 2. The summed E-state index contributed by atoms with van der Waals surface area (Å²) < 4.78 is 20.8. The largest absolute Gasteiger partial charge is 0.495 e. The second-order valence-corrected chi connectivity index (χ2v) is 5.89. The quantitative estimate of drug-likeness (QED) is 0.404. The van der Waals surface area contributed by atoms with Gasteiger partial charge in [-0.3, -0.25) is 9.59 Å². The van der Waals surface area contributed by atoms with Gasteiger partial charge in [-0.25, -0.2) is 5.43 Å². The summed E-state index contributed by atoms with van der Waals surface area (Å²) in [4.78, 5) is 24.1. The fourth-order valence-corrected chi connectivity index (χ4v) is 2.52. The second kappa shape index (κ2) is 10.2. The van der Waals surface area contributed by atoms with Gasteiger partial charge in [-0.1, -0.05) is 11.6 Å². The molecule has 0 bridgehead atoms. The molecule has 2 aromatic rings. The Morgan fingerprint density at radius 2 is 1.52 bits per heavy atom. The Balaban J connectivity index is 2.08. The van der Waals surface area contributed by atoms with Crippen LogP contribution in [-0.2, 0) is 9.59 Å². The van der Waals surface area contributed by atoms with E-state index in [9.17, 15) is 9.59 Å². The van der Waals surface area contributed by atoms with Crippen LogP contribution in [-0.4, -0.2) is 46.5 Å². The zero-order chi connectivity index (χ0) is 21.4. The first-order valence-corrected chi connectivity index (χ1v) is 8.59. The number of hydrogen-bond acceptors (Lipinski definition) is 7. The van der Waals surface area contributed by atoms with Crippen molar-refractivity contribution < 1.29 is 28.5 Å². The maximum absolute atomic E-state index is 12.1. The standard InChI is InChI=1S/C19H20ClN3O6/c1-26-14-6-5-12(20)9-13(14)22-18(24)19(25)23-21-10-11-7-15(27-2)17(29-4)16(8-11)28-3/h5-10H,1-4H3,(H,22,24)(H,23,25)/b21-10+. The molecule has 9 nitrogen and oxygen atoms in total. The van der Waals surface area contributed by atoms with Crippen molar-refractivity contribution in [2.75, 3.05) is 33.8 Å². The smallest absolute Gasteiger partial charge is 0.329 e. The molecule has 0 saturated carbocycles. The molecule has 10 heteroatoms. The number of methoxy groups -OCH3 is 4.